The average Bonchev–Trinajstić information content (AvgIpc) is 2.30. The summed E-state index contributed by atoms with van der Waals surface area (Å²) in [6.07, 6.45) is -0.394. The lowest BCUT2D eigenvalue weighted by molar-refractivity contribution is -0.143. The van der Waals surface area contributed by atoms with Crippen molar-refractivity contribution in [2.45, 2.75) is 32.7 Å². The van der Waals surface area contributed by atoms with Gasteiger partial charge in [-0.2, -0.15) is 0 Å². The van der Waals surface area contributed by atoms with E-state index in [2.05, 4.69) is 21.2 Å². The number of amides is 1. The molecule has 0 heterocycles. The Bertz CT molecular complexity index is 484. The lowest BCUT2D eigenvalue weighted by atomic mass is 9.92. The Balaban J connectivity index is 2.57. The molecule has 0 aliphatic rings. The third-order valence-electron chi connectivity index (χ3n) is 2.57. The fourth-order valence-corrected chi connectivity index (χ4v) is 2.07. The number of carbonyl (C=O) groups excluding carboxylic acids is 2. The predicted octanol–water partition coefficient (Wildman–Crippen LogP) is 3.29. The average molecular weight is 343 g/mol. The van der Waals surface area contributed by atoms with E-state index in [1.807, 2.05) is 13.8 Å². The van der Waals surface area contributed by atoms with Gasteiger partial charge < -0.3 is 10.5 Å². The lowest BCUT2D eigenvalue weighted by Gasteiger charge is -2.23. The van der Waals surface area contributed by atoms with Gasteiger partial charge in [-0.3, -0.25) is 5.32 Å². The number of hydrogen-bond acceptors (Lipinski definition) is 4. The molecule has 0 saturated heterocycles. The summed E-state index contributed by atoms with van der Waals surface area (Å²) in [5.74, 6) is -0.507. The van der Waals surface area contributed by atoms with Crippen LogP contribution in [-0.2, 0) is 9.53 Å². The predicted molar refractivity (Wildman–Crippen MR) is 81.3 cm³/mol. The smallest absolute Gasteiger partial charge is 0.375 e. The first kappa shape index (κ1) is 16.7. The molecule has 1 rings (SSSR count). The molecule has 3 N–H and O–H groups in total. The number of nitrogens with one attached hydrogen (secondary N) is 1. The molecule has 0 saturated carbocycles. The van der Waals surface area contributed by atoms with Crippen molar-refractivity contribution in [3.8, 4) is 0 Å². The molecule has 0 fully saturated rings. The molecular formula is C14H19BrN2O3. The van der Waals surface area contributed by atoms with Crippen LogP contribution in [-0.4, -0.2) is 17.6 Å². The van der Waals surface area contributed by atoms with Crippen LogP contribution in [0.1, 0.15) is 27.2 Å². The van der Waals surface area contributed by atoms with E-state index in [9.17, 15) is 9.59 Å². The van der Waals surface area contributed by atoms with Gasteiger partial charge in [-0.25, -0.2) is 9.59 Å². The van der Waals surface area contributed by atoms with Crippen LogP contribution < -0.4 is 11.1 Å². The molecule has 0 spiro atoms. The molecule has 20 heavy (non-hydrogen) atoms. The van der Waals surface area contributed by atoms with Crippen molar-refractivity contribution >= 4 is 33.7 Å². The minimum absolute atomic E-state index is 0.229. The molecule has 6 heteroatoms. The summed E-state index contributed by atoms with van der Waals surface area (Å²) in [5, 5.41) is 2.47. The highest BCUT2D eigenvalue weighted by molar-refractivity contribution is 9.10. The number of anilines is 1. The third-order valence-corrected chi connectivity index (χ3v) is 3.10. The van der Waals surface area contributed by atoms with E-state index in [0.717, 1.165) is 4.47 Å². The normalized spacial score (nSPS) is 13.7. The number of rotatable bonds is 4. The fraction of sp³-hybridized carbons (Fsp3) is 0.429. The Morgan fingerprint density at radius 2 is 1.90 bits per heavy atom. The van der Waals surface area contributed by atoms with E-state index in [1.54, 1.807) is 31.2 Å². The monoisotopic (exact) mass is 342 g/mol. The van der Waals surface area contributed by atoms with Crippen LogP contribution in [0.2, 0.25) is 0 Å². The van der Waals surface area contributed by atoms with E-state index < -0.39 is 17.6 Å². The summed E-state index contributed by atoms with van der Waals surface area (Å²) < 4.78 is 5.61. The molecule has 0 aliphatic carbocycles. The number of esters is 1. The van der Waals surface area contributed by atoms with E-state index in [4.69, 9.17) is 10.5 Å². The van der Waals surface area contributed by atoms with Gasteiger partial charge in [0, 0.05) is 10.2 Å². The Kier molecular flexibility index (Phi) is 5.71. The molecule has 1 atom stereocenters. The third kappa shape index (κ3) is 5.30. The molecule has 1 aromatic carbocycles. The molecule has 5 nitrogen and oxygen atoms in total. The quantitative estimate of drug-likeness (QED) is 0.649. The Morgan fingerprint density at radius 3 is 2.40 bits per heavy atom. The summed E-state index contributed by atoms with van der Waals surface area (Å²) in [6, 6.07) is 6.91. The van der Waals surface area contributed by atoms with Crippen LogP contribution in [0.25, 0.3) is 0 Å². The van der Waals surface area contributed by atoms with Crippen molar-refractivity contribution in [3.63, 3.8) is 0 Å². The topological polar surface area (TPSA) is 81.4 Å². The Labute approximate surface area is 127 Å². The van der Waals surface area contributed by atoms with E-state index in [-0.39, 0.29) is 5.92 Å². The first-order chi connectivity index (χ1) is 9.20. The fourth-order valence-electron chi connectivity index (χ4n) is 1.81. The van der Waals surface area contributed by atoms with Crippen LogP contribution in [0, 0.1) is 5.92 Å². The number of nitrogens with two attached hydrogens (primary N) is 1. The van der Waals surface area contributed by atoms with Gasteiger partial charge in [-0.15, -0.1) is 0 Å². The van der Waals surface area contributed by atoms with Gasteiger partial charge in [0.15, 0.2) is 0 Å². The van der Waals surface area contributed by atoms with Crippen molar-refractivity contribution in [1.29, 1.82) is 0 Å². The molecule has 0 bridgehead atoms. The number of ether oxygens (including phenoxy) is 1. The van der Waals surface area contributed by atoms with E-state index >= 15 is 0 Å². The summed E-state index contributed by atoms with van der Waals surface area (Å²) in [7, 11) is 0. The Hall–Kier alpha value is -1.40. The van der Waals surface area contributed by atoms with Crippen molar-refractivity contribution in [2.75, 3.05) is 5.32 Å². The summed E-state index contributed by atoms with van der Waals surface area (Å²) >= 11 is 3.29. The van der Waals surface area contributed by atoms with Gasteiger partial charge in [0.1, 0.15) is 5.54 Å². The molecule has 1 unspecified atom stereocenters. The minimum Gasteiger partial charge on any atom is -0.375 e. The highest BCUT2D eigenvalue weighted by atomic mass is 79.9. The zero-order valence-corrected chi connectivity index (χ0v) is 13.4. The number of benzene rings is 1. The highest BCUT2D eigenvalue weighted by Crippen LogP contribution is 2.17. The van der Waals surface area contributed by atoms with E-state index in [0.29, 0.717) is 12.1 Å². The molecule has 0 aromatic heterocycles. The highest BCUT2D eigenvalue weighted by Gasteiger charge is 2.32. The zero-order valence-electron chi connectivity index (χ0n) is 11.8. The van der Waals surface area contributed by atoms with Crippen molar-refractivity contribution in [3.05, 3.63) is 28.7 Å². The maximum atomic E-state index is 11.8. The molecule has 1 aromatic rings. The molecular weight excluding hydrogens is 324 g/mol. The van der Waals surface area contributed by atoms with Gasteiger partial charge in [0.25, 0.3) is 0 Å². The molecule has 0 aliphatic heterocycles. The largest absolute Gasteiger partial charge is 0.419 e. The maximum Gasteiger partial charge on any atom is 0.419 e. The van der Waals surface area contributed by atoms with Crippen LogP contribution in [0.4, 0.5) is 10.5 Å². The van der Waals surface area contributed by atoms with E-state index in [1.165, 1.54) is 0 Å². The number of hydrogen-bond donors (Lipinski definition) is 2. The number of halogens is 1. The zero-order chi connectivity index (χ0) is 15.3. The van der Waals surface area contributed by atoms with Crippen LogP contribution in [0.15, 0.2) is 28.7 Å². The van der Waals surface area contributed by atoms with Gasteiger partial charge >= 0.3 is 12.1 Å². The van der Waals surface area contributed by atoms with Crippen molar-refractivity contribution < 1.29 is 14.3 Å². The minimum atomic E-state index is -1.18. The van der Waals surface area contributed by atoms with Crippen molar-refractivity contribution in [1.82, 2.24) is 0 Å². The van der Waals surface area contributed by atoms with Gasteiger partial charge in [-0.1, -0.05) is 29.8 Å². The second-order valence-electron chi connectivity index (χ2n) is 5.32. The maximum absolute atomic E-state index is 11.8. The van der Waals surface area contributed by atoms with Crippen LogP contribution in [0.5, 0.6) is 0 Å². The standard InChI is InChI=1S/C14H19BrN2O3/c1-9(2)8-14(3,16)12(18)20-13(19)17-11-6-4-10(15)5-7-11/h4-7,9H,8,16H2,1-3H3,(H,17,19). The van der Waals surface area contributed by atoms with Gasteiger partial charge in [0.05, 0.1) is 0 Å². The summed E-state index contributed by atoms with van der Waals surface area (Å²) in [4.78, 5) is 23.5. The summed E-state index contributed by atoms with van der Waals surface area (Å²) in [5.41, 5.74) is 5.22. The van der Waals surface area contributed by atoms with Crippen LogP contribution in [0.3, 0.4) is 0 Å². The van der Waals surface area contributed by atoms with Crippen molar-refractivity contribution in [2.24, 2.45) is 11.7 Å². The SMILES string of the molecule is CC(C)CC(C)(N)C(=O)OC(=O)Nc1ccc(Br)cc1. The first-order valence-electron chi connectivity index (χ1n) is 6.28. The van der Waals surface area contributed by atoms with Crippen LogP contribution >= 0.6 is 15.9 Å². The molecule has 0 radical (unpaired) electrons. The van der Waals surface area contributed by atoms with Gasteiger partial charge in [-0.05, 0) is 43.5 Å². The number of carbonyl (C=O) groups is 2. The molecule has 110 valence electrons. The Morgan fingerprint density at radius 1 is 1.35 bits per heavy atom. The second kappa shape index (κ2) is 6.85. The first-order valence-corrected chi connectivity index (χ1v) is 7.08. The lowest BCUT2D eigenvalue weighted by Crippen LogP contribution is -2.48. The van der Waals surface area contributed by atoms with Gasteiger partial charge in [0.2, 0.25) is 0 Å². The molecule has 1 amide bonds. The second-order valence-corrected chi connectivity index (χ2v) is 6.24. The summed E-state index contributed by atoms with van der Waals surface area (Å²) in [6.45, 7) is 5.45.